The van der Waals surface area contributed by atoms with Gasteiger partial charge in [0, 0.05) is 5.56 Å². The van der Waals surface area contributed by atoms with Gasteiger partial charge in [-0.3, -0.25) is 4.79 Å². The standard InChI is InChI=1S/C13H8O/c14-8-11-5-4-9-2-1-3-10-6-7-12(11)13(9)10/h1-8H. The molecule has 0 heterocycles. The van der Waals surface area contributed by atoms with Crippen LogP contribution < -0.4 is 0 Å². The van der Waals surface area contributed by atoms with E-state index in [4.69, 9.17) is 0 Å². The largest absolute Gasteiger partial charge is 0.298 e. The average molecular weight is 180 g/mol. The van der Waals surface area contributed by atoms with Gasteiger partial charge in [-0.05, 0) is 21.9 Å². The molecule has 0 N–H and O–H groups in total. The van der Waals surface area contributed by atoms with Crippen molar-refractivity contribution in [3.8, 4) is 0 Å². The van der Waals surface area contributed by atoms with Gasteiger partial charge in [-0.25, -0.2) is 0 Å². The Balaban J connectivity index is 2.56. The summed E-state index contributed by atoms with van der Waals surface area (Å²) in [6, 6.07) is 10.1. The molecule has 0 radical (unpaired) electrons. The number of benzene rings is 2. The highest BCUT2D eigenvalue weighted by Gasteiger charge is 2.11. The van der Waals surface area contributed by atoms with Crippen molar-refractivity contribution >= 4 is 29.2 Å². The van der Waals surface area contributed by atoms with Crippen molar-refractivity contribution < 1.29 is 4.79 Å². The van der Waals surface area contributed by atoms with E-state index in [1.165, 1.54) is 16.3 Å². The summed E-state index contributed by atoms with van der Waals surface area (Å²) in [5.41, 5.74) is 3.05. The molecule has 1 nitrogen and oxygen atoms in total. The number of hydrogen-bond acceptors (Lipinski definition) is 1. The van der Waals surface area contributed by atoms with Crippen LogP contribution in [-0.4, -0.2) is 6.29 Å². The Morgan fingerprint density at radius 1 is 1.00 bits per heavy atom. The van der Waals surface area contributed by atoms with E-state index in [2.05, 4.69) is 18.2 Å². The Bertz CT molecular complexity index is 565. The Hall–Kier alpha value is -1.89. The fourth-order valence-electron chi connectivity index (χ4n) is 2.05. The first-order valence-electron chi connectivity index (χ1n) is 4.59. The molecule has 0 aromatic heterocycles. The maximum absolute atomic E-state index is 10.8. The zero-order valence-corrected chi connectivity index (χ0v) is 7.53. The van der Waals surface area contributed by atoms with Crippen LogP contribution in [0.15, 0.2) is 30.3 Å². The van der Waals surface area contributed by atoms with Gasteiger partial charge in [0.1, 0.15) is 0 Å². The number of aldehydes is 1. The molecule has 0 saturated carbocycles. The van der Waals surface area contributed by atoms with Gasteiger partial charge in [-0.1, -0.05) is 42.5 Å². The Morgan fingerprint density at radius 3 is 2.79 bits per heavy atom. The van der Waals surface area contributed by atoms with E-state index in [0.29, 0.717) is 0 Å². The maximum Gasteiger partial charge on any atom is 0.150 e. The second-order valence-corrected chi connectivity index (χ2v) is 3.47. The van der Waals surface area contributed by atoms with E-state index in [1.54, 1.807) is 0 Å². The van der Waals surface area contributed by atoms with Gasteiger partial charge in [-0.2, -0.15) is 0 Å². The van der Waals surface area contributed by atoms with Crippen LogP contribution in [0.1, 0.15) is 21.5 Å². The second-order valence-electron chi connectivity index (χ2n) is 3.47. The van der Waals surface area contributed by atoms with Crippen LogP contribution in [0.5, 0.6) is 0 Å². The molecule has 2 aromatic rings. The van der Waals surface area contributed by atoms with Gasteiger partial charge in [0.25, 0.3) is 0 Å². The number of rotatable bonds is 1. The molecule has 1 aliphatic carbocycles. The van der Waals surface area contributed by atoms with Crippen molar-refractivity contribution in [1.82, 2.24) is 0 Å². The maximum atomic E-state index is 10.8. The fraction of sp³-hybridized carbons (Fsp3) is 0. The summed E-state index contributed by atoms with van der Waals surface area (Å²) in [6.07, 6.45) is 4.99. The molecule has 0 saturated heterocycles. The molecule has 2 aromatic carbocycles. The lowest BCUT2D eigenvalue weighted by Gasteiger charge is -2.03. The molecule has 0 atom stereocenters. The third-order valence-electron chi connectivity index (χ3n) is 2.71. The molecule has 0 unspecified atom stereocenters. The van der Waals surface area contributed by atoms with Crippen molar-refractivity contribution in [1.29, 1.82) is 0 Å². The van der Waals surface area contributed by atoms with E-state index in [-0.39, 0.29) is 0 Å². The topological polar surface area (TPSA) is 17.1 Å². The number of hydrogen-bond donors (Lipinski definition) is 0. The summed E-state index contributed by atoms with van der Waals surface area (Å²) >= 11 is 0. The summed E-state index contributed by atoms with van der Waals surface area (Å²) in [6.45, 7) is 0. The number of carbonyl (C=O) groups is 1. The van der Waals surface area contributed by atoms with E-state index in [0.717, 1.165) is 17.4 Å². The monoisotopic (exact) mass is 180 g/mol. The van der Waals surface area contributed by atoms with E-state index in [1.807, 2.05) is 24.3 Å². The van der Waals surface area contributed by atoms with Crippen LogP contribution in [-0.2, 0) is 0 Å². The van der Waals surface area contributed by atoms with Gasteiger partial charge in [0.05, 0.1) is 0 Å². The van der Waals surface area contributed by atoms with Gasteiger partial charge < -0.3 is 0 Å². The summed E-state index contributed by atoms with van der Waals surface area (Å²) < 4.78 is 0. The summed E-state index contributed by atoms with van der Waals surface area (Å²) in [4.78, 5) is 10.8. The lowest BCUT2D eigenvalue weighted by Crippen LogP contribution is -1.86. The molecule has 3 rings (SSSR count). The minimum Gasteiger partial charge on any atom is -0.298 e. The normalized spacial score (nSPS) is 12.3. The van der Waals surface area contributed by atoms with Crippen LogP contribution in [0.3, 0.4) is 0 Å². The van der Waals surface area contributed by atoms with Crippen LogP contribution in [0.25, 0.3) is 22.9 Å². The van der Waals surface area contributed by atoms with Crippen molar-refractivity contribution in [2.75, 3.05) is 0 Å². The molecule has 14 heavy (non-hydrogen) atoms. The van der Waals surface area contributed by atoms with Gasteiger partial charge >= 0.3 is 0 Å². The smallest absolute Gasteiger partial charge is 0.150 e. The van der Waals surface area contributed by atoms with Crippen molar-refractivity contribution in [2.24, 2.45) is 0 Å². The molecule has 0 amide bonds. The van der Waals surface area contributed by atoms with E-state index >= 15 is 0 Å². The SMILES string of the molecule is O=Cc1ccc2cccc3c2c1C=C3. The molecule has 1 aliphatic rings. The fourth-order valence-corrected chi connectivity index (χ4v) is 2.05. The predicted molar refractivity (Wildman–Crippen MR) is 58.3 cm³/mol. The van der Waals surface area contributed by atoms with E-state index in [9.17, 15) is 4.79 Å². The summed E-state index contributed by atoms with van der Waals surface area (Å²) in [5, 5.41) is 2.41. The van der Waals surface area contributed by atoms with Crippen molar-refractivity contribution in [2.45, 2.75) is 0 Å². The van der Waals surface area contributed by atoms with Crippen molar-refractivity contribution in [3.05, 3.63) is 47.0 Å². The van der Waals surface area contributed by atoms with Crippen LogP contribution in [0.4, 0.5) is 0 Å². The zero-order chi connectivity index (χ0) is 9.54. The Morgan fingerprint density at radius 2 is 1.93 bits per heavy atom. The van der Waals surface area contributed by atoms with Crippen molar-refractivity contribution in [3.63, 3.8) is 0 Å². The first-order valence-corrected chi connectivity index (χ1v) is 4.59. The molecule has 0 bridgehead atoms. The van der Waals surface area contributed by atoms with Gasteiger partial charge in [0.2, 0.25) is 0 Å². The third-order valence-corrected chi connectivity index (χ3v) is 2.71. The molecular weight excluding hydrogens is 172 g/mol. The third kappa shape index (κ3) is 0.814. The highest BCUT2D eigenvalue weighted by Crippen LogP contribution is 2.32. The lowest BCUT2D eigenvalue weighted by atomic mass is 10.0. The Kier molecular flexibility index (Phi) is 1.37. The van der Waals surface area contributed by atoms with Crippen LogP contribution >= 0.6 is 0 Å². The highest BCUT2D eigenvalue weighted by atomic mass is 16.1. The Labute approximate surface area is 81.7 Å². The molecule has 0 aliphatic heterocycles. The first kappa shape index (κ1) is 7.51. The second kappa shape index (κ2) is 2.55. The molecule has 1 heteroatoms. The average Bonchev–Trinajstić information content (AvgIpc) is 2.66. The molecule has 0 spiro atoms. The van der Waals surface area contributed by atoms with Crippen LogP contribution in [0.2, 0.25) is 0 Å². The summed E-state index contributed by atoms with van der Waals surface area (Å²) in [5.74, 6) is 0. The van der Waals surface area contributed by atoms with Gasteiger partial charge in [-0.15, -0.1) is 0 Å². The lowest BCUT2D eigenvalue weighted by molar-refractivity contribution is 0.112. The molecule has 0 fully saturated rings. The van der Waals surface area contributed by atoms with Gasteiger partial charge in [0.15, 0.2) is 6.29 Å². The quantitative estimate of drug-likeness (QED) is 0.526. The summed E-state index contributed by atoms with van der Waals surface area (Å²) in [7, 11) is 0. The predicted octanol–water partition coefficient (Wildman–Crippen LogP) is 3.14. The van der Waals surface area contributed by atoms with Crippen LogP contribution in [0, 0.1) is 0 Å². The molecular formula is C13H8O. The minimum atomic E-state index is 0.777. The minimum absolute atomic E-state index is 0.777. The highest BCUT2D eigenvalue weighted by molar-refractivity contribution is 6.08. The molecule has 66 valence electrons. The van der Waals surface area contributed by atoms with E-state index < -0.39 is 0 Å². The first-order chi connectivity index (χ1) is 6.90. The number of carbonyl (C=O) groups excluding carboxylic acids is 1. The zero-order valence-electron chi connectivity index (χ0n) is 7.53.